The van der Waals surface area contributed by atoms with Crippen LogP contribution in [0.25, 0.3) is 6.08 Å². The van der Waals surface area contributed by atoms with E-state index in [4.69, 9.17) is 9.16 Å². The van der Waals surface area contributed by atoms with Gasteiger partial charge in [-0.05, 0) is 54.1 Å². The normalized spacial score (nSPS) is 20.3. The number of allylic oxidation sites excluding steroid dienone is 1. The first-order valence-corrected chi connectivity index (χ1v) is 10.8. The molecular weight excluding hydrogens is 304 g/mol. The summed E-state index contributed by atoms with van der Waals surface area (Å²) >= 11 is 0. The van der Waals surface area contributed by atoms with E-state index in [0.717, 1.165) is 11.3 Å². The van der Waals surface area contributed by atoms with Gasteiger partial charge in [-0.3, -0.25) is 4.79 Å². The van der Waals surface area contributed by atoms with Crippen LogP contribution in [-0.4, -0.2) is 27.3 Å². The first-order valence-electron chi connectivity index (χ1n) is 7.90. The summed E-state index contributed by atoms with van der Waals surface area (Å²) in [6.07, 6.45) is 5.16. The van der Waals surface area contributed by atoms with Crippen LogP contribution in [-0.2, 0) is 9.22 Å². The first-order chi connectivity index (χ1) is 10.6. The van der Waals surface area contributed by atoms with Crippen LogP contribution in [0.2, 0.25) is 18.1 Å². The highest BCUT2D eigenvalue weighted by atomic mass is 28.4. The Bertz CT molecular complexity index is 634. The average Bonchev–Trinajstić information content (AvgIpc) is 2.79. The zero-order valence-corrected chi connectivity index (χ0v) is 15.8. The lowest BCUT2D eigenvalue weighted by Gasteiger charge is -2.38. The third kappa shape index (κ3) is 4.01. The Morgan fingerprint density at radius 1 is 1.13 bits per heavy atom. The maximum absolute atomic E-state index is 12.2. The van der Waals surface area contributed by atoms with E-state index >= 15 is 0 Å². The fourth-order valence-electron chi connectivity index (χ4n) is 2.14. The highest BCUT2D eigenvalue weighted by Crippen LogP contribution is 2.39. The minimum absolute atomic E-state index is 0.0320. The number of rotatable bonds is 4. The lowest BCUT2D eigenvalue weighted by atomic mass is 10.1. The Kier molecular flexibility index (Phi) is 4.97. The smallest absolute Gasteiger partial charge is 0.193 e. The molecule has 0 spiro atoms. The van der Waals surface area contributed by atoms with Crippen molar-refractivity contribution in [1.29, 1.82) is 0 Å². The molecule has 0 N–H and O–H groups in total. The van der Waals surface area contributed by atoms with Crippen molar-refractivity contribution in [3.05, 3.63) is 47.6 Å². The van der Waals surface area contributed by atoms with Crippen LogP contribution in [0.4, 0.5) is 0 Å². The van der Waals surface area contributed by atoms with Crippen molar-refractivity contribution in [2.45, 2.75) is 45.0 Å². The molecule has 1 unspecified atom stereocenters. The second-order valence-electron chi connectivity index (χ2n) is 7.39. The van der Waals surface area contributed by atoms with Crippen LogP contribution in [0.1, 0.15) is 26.3 Å². The number of hydrogen-bond donors (Lipinski definition) is 0. The number of carbonyl (C=O) groups excluding carboxylic acids is 1. The molecule has 0 saturated carbocycles. The summed E-state index contributed by atoms with van der Waals surface area (Å²) in [6.45, 7) is 11.0. The van der Waals surface area contributed by atoms with Crippen LogP contribution in [0.3, 0.4) is 0 Å². The van der Waals surface area contributed by atoms with Gasteiger partial charge in [0, 0.05) is 5.57 Å². The summed E-state index contributed by atoms with van der Waals surface area (Å²) in [5.41, 5.74) is 1.68. The standard InChI is InChI=1S/C19H26O3Si/c1-19(2,3)23(5,6)22-18-12-11-17(20)16(18)13-14-7-9-15(21-4)10-8-14/h7-13,18H,1-6H3/b16-13+. The molecule has 124 valence electrons. The van der Waals surface area contributed by atoms with Crippen molar-refractivity contribution in [3.63, 3.8) is 0 Å². The van der Waals surface area contributed by atoms with E-state index in [1.165, 1.54) is 0 Å². The lowest BCUT2D eigenvalue weighted by molar-refractivity contribution is -0.111. The summed E-state index contributed by atoms with van der Waals surface area (Å²) < 4.78 is 11.6. The molecule has 0 heterocycles. The van der Waals surface area contributed by atoms with Gasteiger partial charge in [0.1, 0.15) is 5.75 Å². The first kappa shape index (κ1) is 17.7. The Morgan fingerprint density at radius 3 is 2.26 bits per heavy atom. The van der Waals surface area contributed by atoms with E-state index in [0.29, 0.717) is 5.57 Å². The van der Waals surface area contributed by atoms with Gasteiger partial charge in [-0.15, -0.1) is 0 Å². The lowest BCUT2D eigenvalue weighted by Crippen LogP contribution is -2.43. The van der Waals surface area contributed by atoms with E-state index in [1.807, 2.05) is 36.4 Å². The maximum atomic E-state index is 12.2. The van der Waals surface area contributed by atoms with Gasteiger partial charge in [0.15, 0.2) is 14.1 Å². The molecule has 0 aliphatic heterocycles. The van der Waals surface area contributed by atoms with E-state index < -0.39 is 8.32 Å². The molecule has 0 bridgehead atoms. The van der Waals surface area contributed by atoms with Gasteiger partial charge in [-0.1, -0.05) is 32.9 Å². The summed E-state index contributed by atoms with van der Waals surface area (Å²) in [6, 6.07) is 7.67. The fraction of sp³-hybridized carbons (Fsp3) is 0.421. The van der Waals surface area contributed by atoms with Crippen molar-refractivity contribution in [2.24, 2.45) is 0 Å². The van der Waals surface area contributed by atoms with E-state index in [-0.39, 0.29) is 16.9 Å². The second kappa shape index (κ2) is 6.46. The van der Waals surface area contributed by atoms with E-state index in [1.54, 1.807) is 13.2 Å². The summed E-state index contributed by atoms with van der Waals surface area (Å²) in [4.78, 5) is 12.2. The third-order valence-electron chi connectivity index (χ3n) is 4.68. The molecule has 1 aliphatic rings. The average molecular weight is 331 g/mol. The quantitative estimate of drug-likeness (QED) is 0.597. The molecule has 23 heavy (non-hydrogen) atoms. The molecule has 0 aromatic heterocycles. The topological polar surface area (TPSA) is 35.5 Å². The predicted molar refractivity (Wildman–Crippen MR) is 97.2 cm³/mol. The van der Waals surface area contributed by atoms with Crippen LogP contribution in [0.15, 0.2) is 42.0 Å². The van der Waals surface area contributed by atoms with Crippen molar-refractivity contribution in [2.75, 3.05) is 7.11 Å². The fourth-order valence-corrected chi connectivity index (χ4v) is 3.34. The minimum Gasteiger partial charge on any atom is -0.497 e. The van der Waals surface area contributed by atoms with Crippen molar-refractivity contribution < 1.29 is 14.0 Å². The van der Waals surface area contributed by atoms with Gasteiger partial charge >= 0.3 is 0 Å². The summed E-state index contributed by atoms with van der Waals surface area (Å²) in [5.74, 6) is 0.835. The monoisotopic (exact) mass is 330 g/mol. The number of ketones is 1. The molecule has 0 saturated heterocycles. The zero-order chi connectivity index (χ0) is 17.3. The van der Waals surface area contributed by atoms with Gasteiger partial charge in [0.2, 0.25) is 0 Å². The van der Waals surface area contributed by atoms with Gasteiger partial charge in [-0.25, -0.2) is 0 Å². The van der Waals surface area contributed by atoms with Crippen molar-refractivity contribution in [3.8, 4) is 5.75 Å². The molecule has 2 rings (SSSR count). The number of hydrogen-bond acceptors (Lipinski definition) is 3. The Balaban J connectivity index is 2.25. The Morgan fingerprint density at radius 2 is 1.74 bits per heavy atom. The van der Waals surface area contributed by atoms with E-state index in [9.17, 15) is 4.79 Å². The SMILES string of the molecule is COc1ccc(/C=C2\C(=O)C=CC2O[Si](C)(C)C(C)(C)C)cc1. The summed E-state index contributed by atoms with van der Waals surface area (Å²) in [5, 5.41) is 0.109. The van der Waals surface area contributed by atoms with Crippen molar-refractivity contribution >= 4 is 20.2 Å². The third-order valence-corrected chi connectivity index (χ3v) is 9.13. The van der Waals surface area contributed by atoms with Gasteiger partial charge in [0.25, 0.3) is 0 Å². The highest BCUT2D eigenvalue weighted by Gasteiger charge is 2.40. The molecule has 0 fully saturated rings. The van der Waals surface area contributed by atoms with Crippen LogP contribution in [0, 0.1) is 0 Å². The minimum atomic E-state index is -1.94. The van der Waals surface area contributed by atoms with Crippen LogP contribution in [0.5, 0.6) is 5.75 Å². The maximum Gasteiger partial charge on any atom is 0.193 e. The number of ether oxygens (including phenoxy) is 1. The van der Waals surface area contributed by atoms with Crippen molar-refractivity contribution in [1.82, 2.24) is 0 Å². The van der Waals surface area contributed by atoms with Gasteiger partial charge < -0.3 is 9.16 Å². The Hall–Kier alpha value is -1.65. The van der Waals surface area contributed by atoms with Gasteiger partial charge in [0.05, 0.1) is 13.2 Å². The number of carbonyl (C=O) groups is 1. The van der Waals surface area contributed by atoms with E-state index in [2.05, 4.69) is 33.9 Å². The molecule has 0 radical (unpaired) electrons. The summed E-state index contributed by atoms with van der Waals surface area (Å²) in [7, 11) is -0.298. The largest absolute Gasteiger partial charge is 0.497 e. The molecular formula is C19H26O3Si. The predicted octanol–water partition coefficient (Wildman–Crippen LogP) is 4.61. The molecule has 1 atom stereocenters. The molecule has 1 aromatic carbocycles. The second-order valence-corrected chi connectivity index (χ2v) is 12.2. The molecule has 3 nitrogen and oxygen atoms in total. The molecule has 1 aromatic rings. The van der Waals surface area contributed by atoms with Gasteiger partial charge in [-0.2, -0.15) is 0 Å². The molecule has 1 aliphatic carbocycles. The Labute approximate surface area is 140 Å². The van der Waals surface area contributed by atoms with Crippen LogP contribution >= 0.6 is 0 Å². The molecule has 4 heteroatoms. The zero-order valence-electron chi connectivity index (χ0n) is 14.8. The highest BCUT2D eigenvalue weighted by molar-refractivity contribution is 6.74. The number of benzene rings is 1. The number of methoxy groups -OCH3 is 1. The molecule has 0 amide bonds. The van der Waals surface area contributed by atoms with Crippen LogP contribution < -0.4 is 4.74 Å².